The average molecular weight is 299 g/mol. The quantitative estimate of drug-likeness (QED) is 0.873. The molecule has 0 saturated heterocycles. The molecule has 0 aliphatic rings. The first kappa shape index (κ1) is 16.1. The zero-order chi connectivity index (χ0) is 16.1. The number of nitrogens with zero attached hydrogens (tertiary/aromatic N) is 1. The highest BCUT2D eigenvalue weighted by atomic mass is 16.2. The molecule has 0 spiro atoms. The van der Waals surface area contributed by atoms with Crippen molar-refractivity contribution in [2.45, 2.75) is 46.8 Å². The molecular formula is C18H25N3O. The molecule has 0 aliphatic heterocycles. The smallest absolute Gasteiger partial charge is 0.315 e. The minimum atomic E-state index is -0.130. The summed E-state index contributed by atoms with van der Waals surface area (Å²) in [6.07, 6.45) is 2.05. The SMILES string of the molecule is Cc1ccc(C)c(Cn2cccc2CNC(=O)NC(C)C)c1. The standard InChI is InChI=1S/C18H25N3O/c1-13(2)20-18(22)19-11-17-6-5-9-21(17)12-16-10-14(3)7-8-15(16)4/h5-10,13H,11-12H2,1-4H3,(H2,19,20,22). The van der Waals surface area contributed by atoms with E-state index in [0.29, 0.717) is 6.54 Å². The topological polar surface area (TPSA) is 46.1 Å². The van der Waals surface area contributed by atoms with Crippen LogP contribution in [0.2, 0.25) is 0 Å². The Kier molecular flexibility index (Phi) is 5.26. The number of carbonyl (C=O) groups is 1. The van der Waals surface area contributed by atoms with Gasteiger partial charge in [-0.1, -0.05) is 23.8 Å². The van der Waals surface area contributed by atoms with Crippen LogP contribution in [0.5, 0.6) is 0 Å². The van der Waals surface area contributed by atoms with Gasteiger partial charge in [0, 0.05) is 24.5 Å². The second-order valence-corrected chi connectivity index (χ2v) is 6.04. The first-order valence-corrected chi connectivity index (χ1v) is 7.70. The van der Waals surface area contributed by atoms with Crippen LogP contribution in [0.1, 0.15) is 36.2 Å². The Labute approximate surface area is 132 Å². The number of aryl methyl sites for hydroxylation is 2. The van der Waals surface area contributed by atoms with Crippen molar-refractivity contribution >= 4 is 6.03 Å². The van der Waals surface area contributed by atoms with Crippen LogP contribution in [0, 0.1) is 13.8 Å². The van der Waals surface area contributed by atoms with Gasteiger partial charge in [-0.3, -0.25) is 0 Å². The van der Waals surface area contributed by atoms with E-state index >= 15 is 0 Å². The van der Waals surface area contributed by atoms with E-state index < -0.39 is 0 Å². The largest absolute Gasteiger partial charge is 0.345 e. The van der Waals surface area contributed by atoms with E-state index in [1.807, 2.05) is 26.0 Å². The predicted octanol–water partition coefficient (Wildman–Crippen LogP) is 3.36. The molecule has 118 valence electrons. The van der Waals surface area contributed by atoms with Gasteiger partial charge in [-0.05, 0) is 51.0 Å². The van der Waals surface area contributed by atoms with Crippen LogP contribution in [0.15, 0.2) is 36.5 Å². The van der Waals surface area contributed by atoms with E-state index in [1.54, 1.807) is 0 Å². The Morgan fingerprint density at radius 3 is 2.73 bits per heavy atom. The van der Waals surface area contributed by atoms with Crippen molar-refractivity contribution in [1.29, 1.82) is 0 Å². The van der Waals surface area contributed by atoms with E-state index in [2.05, 4.69) is 53.4 Å². The number of aromatic nitrogens is 1. The fraction of sp³-hybridized carbons (Fsp3) is 0.389. The molecule has 2 aromatic rings. The van der Waals surface area contributed by atoms with Crippen LogP contribution in [0.4, 0.5) is 4.79 Å². The molecule has 2 rings (SSSR count). The summed E-state index contributed by atoms with van der Waals surface area (Å²) in [7, 11) is 0. The molecule has 4 nitrogen and oxygen atoms in total. The van der Waals surface area contributed by atoms with E-state index in [4.69, 9.17) is 0 Å². The van der Waals surface area contributed by atoms with Gasteiger partial charge in [-0.25, -0.2) is 4.79 Å². The van der Waals surface area contributed by atoms with Gasteiger partial charge in [0.05, 0.1) is 6.54 Å². The van der Waals surface area contributed by atoms with Gasteiger partial charge < -0.3 is 15.2 Å². The Morgan fingerprint density at radius 2 is 2.00 bits per heavy atom. The summed E-state index contributed by atoms with van der Waals surface area (Å²) in [4.78, 5) is 11.7. The van der Waals surface area contributed by atoms with E-state index in [-0.39, 0.29) is 12.1 Å². The van der Waals surface area contributed by atoms with Crippen molar-refractivity contribution in [3.05, 3.63) is 58.9 Å². The van der Waals surface area contributed by atoms with E-state index in [0.717, 1.165) is 12.2 Å². The molecular weight excluding hydrogens is 274 g/mol. The van der Waals surface area contributed by atoms with Crippen LogP contribution in [-0.4, -0.2) is 16.6 Å². The van der Waals surface area contributed by atoms with Gasteiger partial charge in [0.2, 0.25) is 0 Å². The lowest BCUT2D eigenvalue weighted by Crippen LogP contribution is -2.39. The lowest BCUT2D eigenvalue weighted by molar-refractivity contribution is 0.238. The number of amides is 2. The summed E-state index contributed by atoms with van der Waals surface area (Å²) in [5, 5.41) is 5.73. The number of urea groups is 1. The highest BCUT2D eigenvalue weighted by molar-refractivity contribution is 5.74. The summed E-state index contributed by atoms with van der Waals surface area (Å²) < 4.78 is 2.18. The lowest BCUT2D eigenvalue weighted by atomic mass is 10.1. The average Bonchev–Trinajstić information content (AvgIpc) is 2.87. The van der Waals surface area contributed by atoms with Gasteiger partial charge in [0.25, 0.3) is 0 Å². The van der Waals surface area contributed by atoms with E-state index in [1.165, 1.54) is 16.7 Å². The summed E-state index contributed by atoms with van der Waals surface area (Å²) in [6.45, 7) is 9.48. The van der Waals surface area contributed by atoms with Gasteiger partial charge >= 0.3 is 6.03 Å². The third-order valence-corrected chi connectivity index (χ3v) is 3.62. The maximum absolute atomic E-state index is 11.7. The molecule has 2 N–H and O–H groups in total. The van der Waals surface area contributed by atoms with Crippen LogP contribution in [0.25, 0.3) is 0 Å². The molecule has 0 radical (unpaired) electrons. The third kappa shape index (κ3) is 4.38. The Morgan fingerprint density at radius 1 is 1.23 bits per heavy atom. The molecule has 0 aliphatic carbocycles. The van der Waals surface area contributed by atoms with Crippen LogP contribution < -0.4 is 10.6 Å². The Balaban J connectivity index is 2.03. The maximum Gasteiger partial charge on any atom is 0.315 e. The summed E-state index contributed by atoms with van der Waals surface area (Å²) in [5.41, 5.74) is 4.96. The molecule has 0 atom stereocenters. The summed E-state index contributed by atoms with van der Waals surface area (Å²) >= 11 is 0. The number of hydrogen-bond acceptors (Lipinski definition) is 1. The van der Waals surface area contributed by atoms with Crippen molar-refractivity contribution in [3.63, 3.8) is 0 Å². The minimum absolute atomic E-state index is 0.130. The molecule has 0 bridgehead atoms. The van der Waals surface area contributed by atoms with Crippen molar-refractivity contribution in [2.24, 2.45) is 0 Å². The molecule has 2 amide bonds. The fourth-order valence-electron chi connectivity index (χ4n) is 2.40. The minimum Gasteiger partial charge on any atom is -0.345 e. The van der Waals surface area contributed by atoms with Crippen molar-refractivity contribution < 1.29 is 4.79 Å². The molecule has 1 heterocycles. The van der Waals surface area contributed by atoms with Gasteiger partial charge in [0.15, 0.2) is 0 Å². The van der Waals surface area contributed by atoms with Crippen molar-refractivity contribution in [3.8, 4) is 0 Å². The van der Waals surface area contributed by atoms with Crippen molar-refractivity contribution in [2.75, 3.05) is 0 Å². The Bertz CT molecular complexity index is 644. The zero-order valence-corrected chi connectivity index (χ0v) is 13.8. The first-order valence-electron chi connectivity index (χ1n) is 7.70. The fourth-order valence-corrected chi connectivity index (χ4v) is 2.40. The number of nitrogens with one attached hydrogen (secondary N) is 2. The Hall–Kier alpha value is -2.23. The number of benzene rings is 1. The normalized spacial score (nSPS) is 10.8. The van der Waals surface area contributed by atoms with Crippen LogP contribution in [-0.2, 0) is 13.1 Å². The molecule has 0 saturated carbocycles. The maximum atomic E-state index is 11.7. The highest BCUT2D eigenvalue weighted by Gasteiger charge is 2.07. The number of hydrogen-bond donors (Lipinski definition) is 2. The lowest BCUT2D eigenvalue weighted by Gasteiger charge is -2.14. The molecule has 4 heteroatoms. The predicted molar refractivity (Wildman–Crippen MR) is 90.0 cm³/mol. The summed E-state index contributed by atoms with van der Waals surface area (Å²) in [5.74, 6) is 0. The molecule has 1 aromatic carbocycles. The van der Waals surface area contributed by atoms with E-state index in [9.17, 15) is 4.79 Å². The van der Waals surface area contributed by atoms with Crippen LogP contribution >= 0.6 is 0 Å². The zero-order valence-electron chi connectivity index (χ0n) is 13.8. The second-order valence-electron chi connectivity index (χ2n) is 6.04. The highest BCUT2D eigenvalue weighted by Crippen LogP contribution is 2.14. The van der Waals surface area contributed by atoms with Gasteiger partial charge in [-0.2, -0.15) is 0 Å². The van der Waals surface area contributed by atoms with Gasteiger partial charge in [-0.15, -0.1) is 0 Å². The number of carbonyl (C=O) groups excluding carboxylic acids is 1. The third-order valence-electron chi connectivity index (χ3n) is 3.62. The van der Waals surface area contributed by atoms with Crippen molar-refractivity contribution in [1.82, 2.24) is 15.2 Å². The molecule has 22 heavy (non-hydrogen) atoms. The second kappa shape index (κ2) is 7.16. The molecule has 0 fully saturated rings. The monoisotopic (exact) mass is 299 g/mol. The van der Waals surface area contributed by atoms with Crippen LogP contribution in [0.3, 0.4) is 0 Å². The van der Waals surface area contributed by atoms with Gasteiger partial charge in [0.1, 0.15) is 0 Å². The molecule has 1 aromatic heterocycles. The number of rotatable bonds is 5. The first-order chi connectivity index (χ1) is 10.5. The summed E-state index contributed by atoms with van der Waals surface area (Å²) in [6, 6.07) is 10.6. The molecule has 0 unspecified atom stereocenters.